The van der Waals surface area contributed by atoms with Crippen molar-refractivity contribution in [1.29, 1.82) is 0 Å². The van der Waals surface area contributed by atoms with Gasteiger partial charge in [0.05, 0.1) is 5.71 Å². The Morgan fingerprint density at radius 2 is 2.00 bits per heavy atom. The SMILES string of the molecule is C/C(=N/NC(=O)COc1ccc(Cl)cc1C)c1cccc(NC(=O)C2CC2)c1. The Hall–Kier alpha value is -2.86. The van der Waals surface area contributed by atoms with Crippen LogP contribution in [-0.2, 0) is 9.59 Å². The maximum Gasteiger partial charge on any atom is 0.277 e. The van der Waals surface area contributed by atoms with Crippen molar-refractivity contribution < 1.29 is 14.3 Å². The highest BCUT2D eigenvalue weighted by Crippen LogP contribution is 2.30. The monoisotopic (exact) mass is 399 g/mol. The van der Waals surface area contributed by atoms with Crippen LogP contribution in [0.1, 0.15) is 30.9 Å². The molecule has 1 saturated carbocycles. The van der Waals surface area contributed by atoms with Gasteiger partial charge in [-0.3, -0.25) is 9.59 Å². The van der Waals surface area contributed by atoms with E-state index >= 15 is 0 Å². The molecule has 0 spiro atoms. The fraction of sp³-hybridized carbons (Fsp3) is 0.286. The molecule has 0 radical (unpaired) electrons. The highest BCUT2D eigenvalue weighted by molar-refractivity contribution is 6.30. The first-order chi connectivity index (χ1) is 13.4. The van der Waals surface area contributed by atoms with E-state index in [0.29, 0.717) is 16.5 Å². The molecule has 146 valence electrons. The Morgan fingerprint density at radius 3 is 2.71 bits per heavy atom. The standard InChI is InChI=1S/C21H22ClN3O3/c1-13-10-17(22)8-9-19(13)28-12-20(26)25-24-14(2)16-4-3-5-18(11-16)23-21(27)15-6-7-15/h3-5,8-11,15H,6-7,12H2,1-2H3,(H,23,27)(H,25,26)/b24-14-. The molecule has 28 heavy (non-hydrogen) atoms. The van der Waals surface area contributed by atoms with Crippen molar-refractivity contribution in [1.82, 2.24) is 5.43 Å². The molecule has 1 aliphatic rings. The lowest BCUT2D eigenvalue weighted by molar-refractivity contribution is -0.123. The van der Waals surface area contributed by atoms with Crippen LogP contribution in [0.5, 0.6) is 5.75 Å². The Morgan fingerprint density at radius 1 is 1.21 bits per heavy atom. The Bertz CT molecular complexity index is 923. The van der Waals surface area contributed by atoms with Crippen molar-refractivity contribution in [3.8, 4) is 5.75 Å². The second kappa shape index (κ2) is 8.89. The summed E-state index contributed by atoms with van der Waals surface area (Å²) in [7, 11) is 0. The third-order valence-electron chi connectivity index (χ3n) is 4.34. The number of hydrogen-bond acceptors (Lipinski definition) is 4. The summed E-state index contributed by atoms with van der Waals surface area (Å²) in [6.07, 6.45) is 1.91. The number of rotatable bonds is 7. The molecule has 2 N–H and O–H groups in total. The van der Waals surface area contributed by atoms with E-state index in [1.54, 1.807) is 25.1 Å². The summed E-state index contributed by atoms with van der Waals surface area (Å²) in [5, 5.41) is 7.63. The number of aryl methyl sites for hydroxylation is 1. The largest absolute Gasteiger partial charge is 0.483 e. The minimum Gasteiger partial charge on any atom is -0.483 e. The summed E-state index contributed by atoms with van der Waals surface area (Å²) in [6.45, 7) is 3.49. The minimum absolute atomic E-state index is 0.0506. The molecule has 0 aromatic heterocycles. The number of carbonyl (C=O) groups is 2. The zero-order valence-electron chi connectivity index (χ0n) is 15.8. The smallest absolute Gasteiger partial charge is 0.277 e. The number of ether oxygens (including phenoxy) is 1. The van der Waals surface area contributed by atoms with E-state index in [4.69, 9.17) is 16.3 Å². The second-order valence-electron chi connectivity index (χ2n) is 6.78. The predicted molar refractivity (Wildman–Crippen MR) is 110 cm³/mol. The van der Waals surface area contributed by atoms with Gasteiger partial charge in [-0.25, -0.2) is 5.43 Å². The molecule has 1 aliphatic carbocycles. The molecule has 7 heteroatoms. The number of hydrazone groups is 1. The fourth-order valence-corrected chi connectivity index (χ4v) is 2.80. The van der Waals surface area contributed by atoms with E-state index in [1.165, 1.54) is 0 Å². The lowest BCUT2D eigenvalue weighted by Gasteiger charge is -2.09. The summed E-state index contributed by atoms with van der Waals surface area (Å²) < 4.78 is 5.50. The summed E-state index contributed by atoms with van der Waals surface area (Å²) >= 11 is 5.90. The molecule has 0 bridgehead atoms. The first kappa shape index (κ1) is 19.9. The Kier molecular flexibility index (Phi) is 6.31. The molecule has 2 aromatic carbocycles. The van der Waals surface area contributed by atoms with Gasteiger partial charge in [0.2, 0.25) is 5.91 Å². The average molecular weight is 400 g/mol. The van der Waals surface area contributed by atoms with Crippen molar-refractivity contribution in [2.24, 2.45) is 11.0 Å². The molecule has 0 atom stereocenters. The van der Waals surface area contributed by atoms with E-state index in [9.17, 15) is 9.59 Å². The second-order valence-corrected chi connectivity index (χ2v) is 7.21. The molecular formula is C21H22ClN3O3. The van der Waals surface area contributed by atoms with Crippen LogP contribution in [0.2, 0.25) is 5.02 Å². The summed E-state index contributed by atoms with van der Waals surface area (Å²) in [5.74, 6) is 0.419. The summed E-state index contributed by atoms with van der Waals surface area (Å²) in [5.41, 5.74) is 5.48. The number of anilines is 1. The molecule has 0 saturated heterocycles. The number of halogens is 1. The Balaban J connectivity index is 1.54. The van der Waals surface area contributed by atoms with Gasteiger partial charge in [-0.2, -0.15) is 5.10 Å². The van der Waals surface area contributed by atoms with Gasteiger partial charge in [0.15, 0.2) is 6.61 Å². The van der Waals surface area contributed by atoms with Crippen LogP contribution in [0.15, 0.2) is 47.6 Å². The van der Waals surface area contributed by atoms with Gasteiger partial charge in [0.25, 0.3) is 5.91 Å². The van der Waals surface area contributed by atoms with E-state index in [0.717, 1.165) is 29.7 Å². The average Bonchev–Trinajstić information content (AvgIpc) is 3.51. The number of carbonyl (C=O) groups excluding carboxylic acids is 2. The van der Waals surface area contributed by atoms with Crippen LogP contribution < -0.4 is 15.5 Å². The lowest BCUT2D eigenvalue weighted by Crippen LogP contribution is -2.25. The summed E-state index contributed by atoms with van der Waals surface area (Å²) in [4.78, 5) is 23.9. The van der Waals surface area contributed by atoms with Gasteiger partial charge in [-0.1, -0.05) is 23.7 Å². The molecule has 0 aliphatic heterocycles. The maximum absolute atomic E-state index is 12.0. The quantitative estimate of drug-likeness (QED) is 0.547. The van der Waals surface area contributed by atoms with Crippen molar-refractivity contribution in [3.05, 3.63) is 58.6 Å². The van der Waals surface area contributed by atoms with E-state index in [2.05, 4.69) is 15.8 Å². The highest BCUT2D eigenvalue weighted by Gasteiger charge is 2.29. The molecule has 0 heterocycles. The van der Waals surface area contributed by atoms with Gasteiger partial charge in [0.1, 0.15) is 5.75 Å². The molecule has 2 amide bonds. The number of hydrogen-bond donors (Lipinski definition) is 2. The van der Waals surface area contributed by atoms with Crippen LogP contribution >= 0.6 is 11.6 Å². The minimum atomic E-state index is -0.369. The van der Waals surface area contributed by atoms with Crippen LogP contribution in [0.25, 0.3) is 0 Å². The first-order valence-corrected chi connectivity index (χ1v) is 9.43. The van der Waals surface area contributed by atoms with Crippen LogP contribution in [0.4, 0.5) is 5.69 Å². The van der Waals surface area contributed by atoms with Gasteiger partial charge < -0.3 is 10.1 Å². The Labute approximate surface area is 168 Å². The van der Waals surface area contributed by atoms with Crippen LogP contribution in [0.3, 0.4) is 0 Å². The number of nitrogens with zero attached hydrogens (tertiary/aromatic N) is 1. The van der Waals surface area contributed by atoms with Crippen LogP contribution in [0, 0.1) is 12.8 Å². The van der Waals surface area contributed by atoms with Crippen molar-refractivity contribution >= 4 is 34.8 Å². The zero-order valence-corrected chi connectivity index (χ0v) is 16.5. The zero-order chi connectivity index (χ0) is 20.1. The van der Waals surface area contributed by atoms with Gasteiger partial charge in [0, 0.05) is 16.6 Å². The van der Waals surface area contributed by atoms with Crippen molar-refractivity contribution in [2.45, 2.75) is 26.7 Å². The third-order valence-corrected chi connectivity index (χ3v) is 4.58. The number of benzene rings is 2. The molecule has 2 aromatic rings. The third kappa shape index (κ3) is 5.57. The number of amides is 2. The van der Waals surface area contributed by atoms with Crippen LogP contribution in [-0.4, -0.2) is 24.1 Å². The van der Waals surface area contributed by atoms with Gasteiger partial charge >= 0.3 is 0 Å². The molecule has 0 unspecified atom stereocenters. The lowest BCUT2D eigenvalue weighted by atomic mass is 10.1. The van der Waals surface area contributed by atoms with E-state index in [-0.39, 0.29) is 24.3 Å². The predicted octanol–water partition coefficient (Wildman–Crippen LogP) is 3.92. The van der Waals surface area contributed by atoms with Crippen molar-refractivity contribution in [3.63, 3.8) is 0 Å². The molecule has 3 rings (SSSR count). The maximum atomic E-state index is 12.0. The fourth-order valence-electron chi connectivity index (χ4n) is 2.57. The molecular weight excluding hydrogens is 378 g/mol. The van der Waals surface area contributed by atoms with Gasteiger partial charge in [-0.05, 0) is 68.1 Å². The topological polar surface area (TPSA) is 79.8 Å². The number of nitrogens with one attached hydrogen (secondary N) is 2. The van der Waals surface area contributed by atoms with E-state index < -0.39 is 0 Å². The highest BCUT2D eigenvalue weighted by atomic mass is 35.5. The van der Waals surface area contributed by atoms with Crippen molar-refractivity contribution in [2.75, 3.05) is 11.9 Å². The summed E-state index contributed by atoms with van der Waals surface area (Å²) in [6, 6.07) is 12.6. The normalized spacial score (nSPS) is 13.8. The van der Waals surface area contributed by atoms with Gasteiger partial charge in [-0.15, -0.1) is 0 Å². The first-order valence-electron chi connectivity index (χ1n) is 9.06. The van der Waals surface area contributed by atoms with E-state index in [1.807, 2.05) is 31.2 Å². The molecule has 6 nitrogen and oxygen atoms in total. The molecule has 1 fully saturated rings.